The van der Waals surface area contributed by atoms with Crippen LogP contribution in [0.3, 0.4) is 0 Å². The summed E-state index contributed by atoms with van der Waals surface area (Å²) in [7, 11) is 0. The van der Waals surface area contributed by atoms with Gasteiger partial charge in [0.2, 0.25) is 0 Å². The second-order valence-corrected chi connectivity index (χ2v) is 2.46. The van der Waals surface area contributed by atoms with Gasteiger partial charge in [0.05, 0.1) is 12.1 Å². The zero-order chi connectivity index (χ0) is 9.24. The number of nitriles is 2. The van der Waals surface area contributed by atoms with E-state index in [4.69, 9.17) is 10.5 Å². The van der Waals surface area contributed by atoms with Crippen molar-refractivity contribution >= 4 is 6.29 Å². The molecule has 0 saturated heterocycles. The third-order valence-corrected chi connectivity index (χ3v) is 1.95. The Labute approximate surface area is 69.3 Å². The van der Waals surface area contributed by atoms with Gasteiger partial charge in [-0.15, -0.1) is 10.2 Å². The van der Waals surface area contributed by atoms with Crippen molar-refractivity contribution in [2.45, 2.75) is 19.0 Å². The minimum absolute atomic E-state index is 0.211. The minimum Gasteiger partial charge on any atom is -0.285 e. The van der Waals surface area contributed by atoms with Crippen LogP contribution < -0.4 is 0 Å². The second-order valence-electron chi connectivity index (χ2n) is 2.46. The average molecular weight is 161 g/mol. The third kappa shape index (κ3) is 0.737. The Balaban J connectivity index is 3.05. The van der Waals surface area contributed by atoms with E-state index in [2.05, 4.69) is 10.2 Å². The van der Waals surface area contributed by atoms with Crippen LogP contribution in [0.1, 0.15) is 13.3 Å². The number of nitrogens with zero attached hydrogens (tertiary/aromatic N) is 4. The van der Waals surface area contributed by atoms with Crippen LogP contribution in [0.4, 0.5) is 0 Å². The molecule has 0 aromatic heterocycles. The Bertz CT molecular complexity index is 299. The Hall–Kier alpha value is -1.75. The fourth-order valence-electron chi connectivity index (χ4n) is 0.934. The molecule has 1 rings (SSSR count). The maximum atomic E-state index is 10.4. The first-order chi connectivity index (χ1) is 5.70. The lowest BCUT2D eigenvalue weighted by atomic mass is 9.78. The van der Waals surface area contributed by atoms with E-state index in [0.717, 1.165) is 0 Å². The lowest BCUT2D eigenvalue weighted by Crippen LogP contribution is -2.36. The molecule has 0 unspecified atom stereocenters. The van der Waals surface area contributed by atoms with Gasteiger partial charge in [-0.25, -0.2) is 0 Å². The van der Waals surface area contributed by atoms with Gasteiger partial charge in [-0.2, -0.15) is 10.5 Å². The van der Waals surface area contributed by atoms with Crippen molar-refractivity contribution in [1.82, 2.24) is 0 Å². The van der Waals surface area contributed by atoms with Crippen molar-refractivity contribution in [1.29, 1.82) is 10.5 Å². The molecule has 1 aliphatic heterocycles. The topological polar surface area (TPSA) is 89.4 Å². The molecule has 0 amide bonds. The number of carbonyl (C=O) groups excluding carboxylic acids is 1. The van der Waals surface area contributed by atoms with Gasteiger partial charge in [0.1, 0.15) is 0 Å². The van der Waals surface area contributed by atoms with Crippen LogP contribution in [-0.4, -0.2) is 11.9 Å². The van der Waals surface area contributed by atoms with Crippen molar-refractivity contribution in [3.8, 4) is 12.1 Å². The molecule has 0 atom stereocenters. The fraction of sp³-hybridized carbons (Fsp3) is 0.571. The molecule has 0 N–H and O–H groups in total. The van der Waals surface area contributed by atoms with Crippen molar-refractivity contribution < 1.29 is 4.79 Å². The molecule has 12 heavy (non-hydrogen) atoms. The molecule has 0 saturated carbocycles. The molecule has 0 bridgehead atoms. The van der Waals surface area contributed by atoms with Crippen molar-refractivity contribution in [2.75, 3.05) is 0 Å². The average Bonchev–Trinajstić information content (AvgIpc) is 2.90. The van der Waals surface area contributed by atoms with Crippen LogP contribution >= 0.6 is 0 Å². The summed E-state index contributed by atoms with van der Waals surface area (Å²) in [5.41, 5.74) is -2.99. The van der Waals surface area contributed by atoms with Crippen LogP contribution in [0.2, 0.25) is 0 Å². The molecule has 0 aromatic rings. The summed E-state index contributed by atoms with van der Waals surface area (Å²) in [5.74, 6) is 0. The van der Waals surface area contributed by atoms with E-state index in [-0.39, 0.29) is 6.42 Å². The molecule has 1 aliphatic rings. The van der Waals surface area contributed by atoms with E-state index in [1.165, 1.54) is 6.29 Å². The summed E-state index contributed by atoms with van der Waals surface area (Å²) in [6, 6.07) is 3.52. The van der Waals surface area contributed by atoms with Crippen LogP contribution in [0.5, 0.6) is 0 Å². The van der Waals surface area contributed by atoms with Gasteiger partial charge in [0, 0.05) is 0 Å². The van der Waals surface area contributed by atoms with E-state index < -0.39 is 11.1 Å². The lowest BCUT2D eigenvalue weighted by molar-refractivity contribution is 0.401. The number of hydrogen-bond donors (Lipinski definition) is 0. The molecule has 0 aliphatic carbocycles. The van der Waals surface area contributed by atoms with E-state index in [0.29, 0.717) is 0 Å². The molecule has 59 valence electrons. The second kappa shape index (κ2) is 2.38. The third-order valence-electron chi connectivity index (χ3n) is 1.95. The van der Waals surface area contributed by atoms with Gasteiger partial charge < -0.3 is 0 Å². The van der Waals surface area contributed by atoms with Crippen LogP contribution in [0.15, 0.2) is 10.2 Å². The summed E-state index contributed by atoms with van der Waals surface area (Å²) in [6.45, 7) is 1.63. The number of hydrogen-bond acceptors (Lipinski definition) is 5. The standard InChI is InChI=1S/C7H5N4O/c1-2-6(3-8,4-9)7(5-12)10-11-7/h2H2,1H3. The summed E-state index contributed by atoms with van der Waals surface area (Å²) >= 11 is 0. The van der Waals surface area contributed by atoms with Crippen molar-refractivity contribution in [3.05, 3.63) is 0 Å². The SMILES string of the molecule is CCC(C#N)(C#N)C1([C]=O)N=N1. The Morgan fingerprint density at radius 3 is 2.00 bits per heavy atom. The maximum absolute atomic E-state index is 10.4. The van der Waals surface area contributed by atoms with E-state index in [1.807, 2.05) is 0 Å². The highest BCUT2D eigenvalue weighted by Crippen LogP contribution is 2.45. The highest BCUT2D eigenvalue weighted by molar-refractivity contribution is 5.72. The molecule has 5 nitrogen and oxygen atoms in total. The summed E-state index contributed by atoms with van der Waals surface area (Å²) in [4.78, 5) is 10.4. The zero-order valence-corrected chi connectivity index (χ0v) is 6.40. The van der Waals surface area contributed by atoms with Gasteiger partial charge >= 0.3 is 0 Å². The first-order valence-corrected chi connectivity index (χ1v) is 3.36. The number of rotatable bonds is 3. The Kier molecular flexibility index (Phi) is 1.66. The molecule has 0 aromatic carbocycles. The first kappa shape index (κ1) is 8.35. The molecule has 5 heteroatoms. The van der Waals surface area contributed by atoms with Crippen LogP contribution in [-0.2, 0) is 4.79 Å². The molecule has 0 fully saturated rings. The monoisotopic (exact) mass is 161 g/mol. The quantitative estimate of drug-likeness (QED) is 0.610. The summed E-state index contributed by atoms with van der Waals surface area (Å²) in [6.07, 6.45) is 1.73. The molecular weight excluding hydrogens is 156 g/mol. The Morgan fingerprint density at radius 2 is 1.92 bits per heavy atom. The summed E-state index contributed by atoms with van der Waals surface area (Å²) in [5, 5.41) is 24.2. The highest BCUT2D eigenvalue weighted by atomic mass is 16.1. The minimum atomic E-state index is -1.52. The van der Waals surface area contributed by atoms with Gasteiger partial charge in [-0.1, -0.05) is 6.92 Å². The van der Waals surface area contributed by atoms with Gasteiger partial charge in [-0.3, -0.25) is 4.79 Å². The highest BCUT2D eigenvalue weighted by Gasteiger charge is 2.61. The van der Waals surface area contributed by atoms with E-state index in [9.17, 15) is 4.79 Å². The van der Waals surface area contributed by atoms with Gasteiger partial charge in [-0.05, 0) is 6.42 Å². The van der Waals surface area contributed by atoms with Crippen LogP contribution in [0.25, 0.3) is 0 Å². The van der Waals surface area contributed by atoms with E-state index >= 15 is 0 Å². The zero-order valence-electron chi connectivity index (χ0n) is 6.40. The smallest absolute Gasteiger partial charge is 0.285 e. The van der Waals surface area contributed by atoms with Crippen molar-refractivity contribution in [3.63, 3.8) is 0 Å². The summed E-state index contributed by atoms with van der Waals surface area (Å²) < 4.78 is 0. The fourth-order valence-corrected chi connectivity index (χ4v) is 0.934. The van der Waals surface area contributed by atoms with Gasteiger partial charge in [0.15, 0.2) is 5.41 Å². The van der Waals surface area contributed by atoms with Crippen LogP contribution in [0, 0.1) is 28.1 Å². The predicted molar refractivity (Wildman–Crippen MR) is 37.2 cm³/mol. The molecule has 1 heterocycles. The normalized spacial score (nSPS) is 17.6. The first-order valence-electron chi connectivity index (χ1n) is 3.36. The lowest BCUT2D eigenvalue weighted by Gasteiger charge is -2.16. The largest absolute Gasteiger partial charge is 0.287 e. The van der Waals surface area contributed by atoms with E-state index in [1.54, 1.807) is 19.1 Å². The predicted octanol–water partition coefficient (Wildman–Crippen LogP) is 0.702. The van der Waals surface area contributed by atoms with Crippen molar-refractivity contribution in [2.24, 2.45) is 15.6 Å². The van der Waals surface area contributed by atoms with Gasteiger partial charge in [0.25, 0.3) is 11.9 Å². The molecular formula is C7H5N4O. The maximum Gasteiger partial charge on any atom is 0.287 e. The Morgan fingerprint density at radius 1 is 1.42 bits per heavy atom. The molecule has 0 spiro atoms. The molecule has 1 radical (unpaired) electrons.